The van der Waals surface area contributed by atoms with Crippen molar-refractivity contribution in [2.75, 3.05) is 26.2 Å². The molecular formula is C24H33FN2O3. The molecule has 6 unspecified atom stereocenters. The molecule has 1 aromatic rings. The highest BCUT2D eigenvalue weighted by Gasteiger charge is 2.60. The Morgan fingerprint density at radius 1 is 1.17 bits per heavy atom. The van der Waals surface area contributed by atoms with Crippen LogP contribution in [0.25, 0.3) is 0 Å². The minimum Gasteiger partial charge on any atom is -0.508 e. The highest BCUT2D eigenvalue weighted by Crippen LogP contribution is 2.63. The number of hydrogen-bond donors (Lipinski definition) is 2. The van der Waals surface area contributed by atoms with Gasteiger partial charge >= 0.3 is 0 Å². The fourth-order valence-electron chi connectivity index (χ4n) is 7.50. The first kappa shape index (κ1) is 20.3. The van der Waals surface area contributed by atoms with Gasteiger partial charge in [0.1, 0.15) is 5.75 Å². The molecule has 1 heterocycles. The van der Waals surface area contributed by atoms with Crippen LogP contribution in [-0.2, 0) is 11.2 Å². The van der Waals surface area contributed by atoms with Crippen molar-refractivity contribution >= 4 is 5.91 Å². The van der Waals surface area contributed by atoms with Crippen LogP contribution in [0.15, 0.2) is 12.1 Å². The SMILES string of the molecule is Cc1ccc(O)c2c1C1C(O)CC3(C)C(C(=O)N4CCN(F)CC4)CCC3C1CC2. The molecule has 3 aliphatic carbocycles. The molecule has 3 fully saturated rings. The summed E-state index contributed by atoms with van der Waals surface area (Å²) in [7, 11) is 0. The predicted octanol–water partition coefficient (Wildman–Crippen LogP) is 3.17. The van der Waals surface area contributed by atoms with Gasteiger partial charge in [-0.3, -0.25) is 4.79 Å². The number of amides is 1. The number of nitrogens with zero attached hydrogens (tertiary/aromatic N) is 2. The van der Waals surface area contributed by atoms with Crippen molar-refractivity contribution in [2.45, 2.75) is 58.0 Å². The van der Waals surface area contributed by atoms with Crippen LogP contribution in [0.3, 0.4) is 0 Å². The Morgan fingerprint density at radius 2 is 1.90 bits per heavy atom. The molecule has 164 valence electrons. The Balaban J connectivity index is 1.44. The number of aliphatic hydroxyl groups is 1. The van der Waals surface area contributed by atoms with Crippen molar-refractivity contribution in [1.29, 1.82) is 0 Å². The van der Waals surface area contributed by atoms with E-state index in [1.54, 1.807) is 6.07 Å². The zero-order valence-electron chi connectivity index (χ0n) is 18.0. The molecule has 4 aliphatic rings. The summed E-state index contributed by atoms with van der Waals surface area (Å²) >= 11 is 0. The van der Waals surface area contributed by atoms with Gasteiger partial charge in [0.25, 0.3) is 0 Å². The summed E-state index contributed by atoms with van der Waals surface area (Å²) in [6.07, 6.45) is 3.77. The van der Waals surface area contributed by atoms with E-state index in [9.17, 15) is 19.5 Å². The molecule has 6 heteroatoms. The van der Waals surface area contributed by atoms with E-state index in [4.69, 9.17) is 0 Å². The van der Waals surface area contributed by atoms with E-state index in [0.717, 1.165) is 47.5 Å². The summed E-state index contributed by atoms with van der Waals surface area (Å²) in [4.78, 5) is 15.2. The van der Waals surface area contributed by atoms with E-state index in [0.29, 0.717) is 37.1 Å². The number of hydrogen-bond acceptors (Lipinski definition) is 4. The van der Waals surface area contributed by atoms with Gasteiger partial charge in [0, 0.05) is 38.0 Å². The maximum atomic E-state index is 13.4. The van der Waals surface area contributed by atoms with Gasteiger partial charge in [-0.05, 0) is 79.0 Å². The molecular weight excluding hydrogens is 383 g/mol. The number of halogens is 1. The number of carbonyl (C=O) groups is 1. The maximum absolute atomic E-state index is 13.4. The van der Waals surface area contributed by atoms with Gasteiger partial charge in [-0.25, -0.2) is 0 Å². The lowest BCUT2D eigenvalue weighted by Crippen LogP contribution is -2.54. The van der Waals surface area contributed by atoms with Gasteiger partial charge in [-0.15, -0.1) is 9.60 Å². The van der Waals surface area contributed by atoms with Crippen molar-refractivity contribution in [3.8, 4) is 5.75 Å². The molecule has 0 bridgehead atoms. The monoisotopic (exact) mass is 416 g/mol. The number of fused-ring (bicyclic) bond motifs is 5. The summed E-state index contributed by atoms with van der Waals surface area (Å²) in [5, 5.41) is 22.6. The standard InChI is InChI=1S/C24H33FN2O3/c1-14-3-8-19(28)16-5-4-15-17-6-7-18(23(30)26-9-11-27(25)12-10-26)24(17,2)13-20(29)22(15)21(14)16/h3,8,15,17-18,20,22,28-29H,4-7,9-13H2,1-2H3. The molecule has 1 amide bonds. The zero-order valence-corrected chi connectivity index (χ0v) is 18.0. The van der Waals surface area contributed by atoms with Crippen LogP contribution in [0.4, 0.5) is 4.48 Å². The van der Waals surface area contributed by atoms with E-state index in [1.165, 1.54) is 0 Å². The second-order valence-electron chi connectivity index (χ2n) is 10.3. The number of aromatic hydroxyl groups is 1. The first-order valence-corrected chi connectivity index (χ1v) is 11.5. The summed E-state index contributed by atoms with van der Waals surface area (Å²) < 4.78 is 13.4. The first-order chi connectivity index (χ1) is 14.3. The molecule has 6 atom stereocenters. The van der Waals surface area contributed by atoms with Crippen molar-refractivity contribution in [3.63, 3.8) is 0 Å². The molecule has 1 aliphatic heterocycles. The average Bonchev–Trinajstić information content (AvgIpc) is 3.07. The van der Waals surface area contributed by atoms with E-state index in [-0.39, 0.29) is 36.2 Å². The number of carbonyl (C=O) groups excluding carboxylic acids is 1. The molecule has 0 radical (unpaired) electrons. The highest BCUT2D eigenvalue weighted by atomic mass is 19.2. The van der Waals surface area contributed by atoms with Crippen molar-refractivity contribution < 1.29 is 19.5 Å². The molecule has 2 N–H and O–H groups in total. The van der Waals surface area contributed by atoms with E-state index < -0.39 is 6.10 Å². The molecule has 1 saturated heterocycles. The Labute approximate surface area is 177 Å². The lowest BCUT2D eigenvalue weighted by molar-refractivity contribution is -0.147. The molecule has 0 spiro atoms. The normalized spacial score (nSPS) is 38.7. The topological polar surface area (TPSA) is 64.0 Å². The molecule has 30 heavy (non-hydrogen) atoms. The summed E-state index contributed by atoms with van der Waals surface area (Å²) in [5.74, 6) is 1.20. The number of aliphatic hydroxyl groups excluding tert-OH is 1. The Hall–Kier alpha value is -1.66. The second kappa shape index (κ2) is 7.20. The lowest BCUT2D eigenvalue weighted by Gasteiger charge is -2.53. The van der Waals surface area contributed by atoms with Gasteiger partial charge in [-0.1, -0.05) is 13.0 Å². The van der Waals surface area contributed by atoms with Crippen LogP contribution >= 0.6 is 0 Å². The fourth-order valence-corrected chi connectivity index (χ4v) is 7.50. The van der Waals surface area contributed by atoms with Gasteiger partial charge in [-0.2, -0.15) is 0 Å². The molecule has 0 aromatic heterocycles. The number of phenolic OH excluding ortho intramolecular Hbond substituents is 1. The van der Waals surface area contributed by atoms with Crippen molar-refractivity contribution in [3.05, 3.63) is 28.8 Å². The molecule has 2 saturated carbocycles. The lowest BCUT2D eigenvalue weighted by atomic mass is 9.52. The highest BCUT2D eigenvalue weighted by molar-refractivity contribution is 5.80. The first-order valence-electron chi connectivity index (χ1n) is 11.5. The van der Waals surface area contributed by atoms with Crippen LogP contribution in [0.2, 0.25) is 0 Å². The van der Waals surface area contributed by atoms with Crippen LogP contribution in [0.1, 0.15) is 55.2 Å². The number of phenols is 1. The van der Waals surface area contributed by atoms with Crippen molar-refractivity contribution in [1.82, 2.24) is 10.0 Å². The number of aryl methyl sites for hydroxylation is 1. The Morgan fingerprint density at radius 3 is 2.63 bits per heavy atom. The predicted molar refractivity (Wildman–Crippen MR) is 112 cm³/mol. The molecule has 1 aromatic carbocycles. The Kier molecular flexibility index (Phi) is 4.86. The van der Waals surface area contributed by atoms with Gasteiger partial charge in [0.05, 0.1) is 6.10 Å². The third kappa shape index (κ3) is 2.90. The van der Waals surface area contributed by atoms with Crippen LogP contribution in [-0.4, -0.2) is 58.4 Å². The third-order valence-corrected chi connectivity index (χ3v) is 8.90. The average molecular weight is 417 g/mol. The van der Waals surface area contributed by atoms with Gasteiger partial charge in [0.2, 0.25) is 5.91 Å². The van der Waals surface area contributed by atoms with E-state index >= 15 is 0 Å². The largest absolute Gasteiger partial charge is 0.508 e. The van der Waals surface area contributed by atoms with Crippen molar-refractivity contribution in [2.24, 2.45) is 23.2 Å². The third-order valence-electron chi connectivity index (χ3n) is 8.90. The van der Waals surface area contributed by atoms with Crippen LogP contribution in [0.5, 0.6) is 5.75 Å². The number of piperazine rings is 1. The Bertz CT molecular complexity index is 853. The minimum atomic E-state index is -0.508. The summed E-state index contributed by atoms with van der Waals surface area (Å²) in [5.41, 5.74) is 3.09. The number of rotatable bonds is 1. The zero-order chi connectivity index (χ0) is 21.2. The smallest absolute Gasteiger partial charge is 0.226 e. The quantitative estimate of drug-likeness (QED) is 0.691. The van der Waals surface area contributed by atoms with Crippen LogP contribution < -0.4 is 0 Å². The number of benzene rings is 1. The maximum Gasteiger partial charge on any atom is 0.226 e. The van der Waals surface area contributed by atoms with Crippen LogP contribution in [0, 0.1) is 30.1 Å². The van der Waals surface area contributed by atoms with E-state index in [1.807, 2.05) is 11.0 Å². The van der Waals surface area contributed by atoms with E-state index in [2.05, 4.69) is 13.8 Å². The van der Waals surface area contributed by atoms with Gasteiger partial charge < -0.3 is 15.1 Å². The molecule has 5 nitrogen and oxygen atoms in total. The summed E-state index contributed by atoms with van der Waals surface area (Å²) in [6.45, 7) is 5.76. The summed E-state index contributed by atoms with van der Waals surface area (Å²) in [6, 6.07) is 3.73. The fraction of sp³-hybridized carbons (Fsp3) is 0.708. The minimum absolute atomic E-state index is 0.0443. The molecule has 5 rings (SSSR count). The van der Waals surface area contributed by atoms with Gasteiger partial charge in [0.15, 0.2) is 0 Å². The second-order valence-corrected chi connectivity index (χ2v) is 10.3.